The average Bonchev–Trinajstić information content (AvgIpc) is 2.51. The minimum absolute atomic E-state index is 0.179. The zero-order chi connectivity index (χ0) is 16.8. The maximum Gasteiger partial charge on any atom is 0.258 e. The highest BCUT2D eigenvalue weighted by Crippen LogP contribution is 2.23. The number of hydrogen-bond donors (Lipinski definition) is 1. The predicted molar refractivity (Wildman–Crippen MR) is 90.3 cm³/mol. The Bertz CT molecular complexity index is 732. The number of amides is 1. The number of hydrogen-bond acceptors (Lipinski definition) is 3. The highest BCUT2D eigenvalue weighted by Gasteiger charge is 2.11. The first-order valence-electron chi connectivity index (χ1n) is 6.90. The van der Waals surface area contributed by atoms with Crippen LogP contribution in [0.5, 0.6) is 5.75 Å². The van der Waals surface area contributed by atoms with Crippen molar-refractivity contribution in [2.75, 3.05) is 6.61 Å². The Hall–Kier alpha value is -2.04. The summed E-state index contributed by atoms with van der Waals surface area (Å²) in [6, 6.07) is 11.9. The molecule has 1 amide bonds. The number of halogens is 2. The molecule has 0 fully saturated rings. The smallest absolute Gasteiger partial charge is 0.258 e. The van der Waals surface area contributed by atoms with E-state index in [1.807, 2.05) is 12.1 Å². The largest absolute Gasteiger partial charge is 0.483 e. The van der Waals surface area contributed by atoms with Gasteiger partial charge in [0.05, 0.1) is 5.56 Å². The van der Waals surface area contributed by atoms with E-state index in [9.17, 15) is 9.59 Å². The summed E-state index contributed by atoms with van der Waals surface area (Å²) in [6.07, 6.45) is 0. The zero-order valence-corrected chi connectivity index (χ0v) is 13.9. The van der Waals surface area contributed by atoms with Crippen molar-refractivity contribution < 1.29 is 14.3 Å². The van der Waals surface area contributed by atoms with Crippen molar-refractivity contribution in [1.29, 1.82) is 0 Å². The molecule has 0 heterocycles. The van der Waals surface area contributed by atoms with Gasteiger partial charge in [-0.3, -0.25) is 9.59 Å². The first-order chi connectivity index (χ1) is 11.0. The lowest BCUT2D eigenvalue weighted by molar-refractivity contribution is -0.123. The highest BCUT2D eigenvalue weighted by molar-refractivity contribution is 6.31. The number of carbonyl (C=O) groups is 2. The number of benzene rings is 2. The van der Waals surface area contributed by atoms with Crippen LogP contribution in [0, 0.1) is 0 Å². The van der Waals surface area contributed by atoms with Crippen LogP contribution in [0.25, 0.3) is 0 Å². The van der Waals surface area contributed by atoms with Crippen LogP contribution < -0.4 is 10.1 Å². The van der Waals surface area contributed by atoms with E-state index in [1.165, 1.54) is 13.0 Å². The van der Waals surface area contributed by atoms with Gasteiger partial charge in [-0.2, -0.15) is 0 Å². The summed E-state index contributed by atoms with van der Waals surface area (Å²) < 4.78 is 5.41. The fourth-order valence-corrected chi connectivity index (χ4v) is 2.33. The fraction of sp³-hybridized carbons (Fsp3) is 0.176. The predicted octanol–water partition coefficient (Wildman–Crippen LogP) is 3.89. The highest BCUT2D eigenvalue weighted by atomic mass is 35.5. The van der Waals surface area contributed by atoms with Crippen molar-refractivity contribution in [3.8, 4) is 5.75 Å². The van der Waals surface area contributed by atoms with Crippen molar-refractivity contribution >= 4 is 34.9 Å². The number of Topliss-reactive ketones (excluding diaryl/α,β-unsaturated/α-hetero) is 1. The van der Waals surface area contributed by atoms with Gasteiger partial charge in [0.1, 0.15) is 5.75 Å². The normalized spacial score (nSPS) is 10.2. The van der Waals surface area contributed by atoms with Gasteiger partial charge < -0.3 is 10.1 Å². The molecule has 0 spiro atoms. The SMILES string of the molecule is CC(=O)c1cc(Cl)ccc1OCC(=O)NCc1cccc(Cl)c1. The van der Waals surface area contributed by atoms with Gasteiger partial charge in [-0.25, -0.2) is 0 Å². The first kappa shape index (κ1) is 17.3. The fourth-order valence-electron chi connectivity index (χ4n) is 1.95. The quantitative estimate of drug-likeness (QED) is 0.803. The summed E-state index contributed by atoms with van der Waals surface area (Å²) in [7, 11) is 0. The van der Waals surface area contributed by atoms with Crippen LogP contribution in [0.15, 0.2) is 42.5 Å². The lowest BCUT2D eigenvalue weighted by Crippen LogP contribution is -2.28. The van der Waals surface area contributed by atoms with Crippen LogP contribution >= 0.6 is 23.2 Å². The molecule has 2 aromatic carbocycles. The van der Waals surface area contributed by atoms with Gasteiger partial charge in [0.25, 0.3) is 5.91 Å². The molecular formula is C17H15Cl2NO3. The molecular weight excluding hydrogens is 337 g/mol. The molecule has 2 rings (SSSR count). The molecule has 0 aliphatic heterocycles. The summed E-state index contributed by atoms with van der Waals surface area (Å²) in [5.74, 6) is -0.143. The van der Waals surface area contributed by atoms with E-state index in [-0.39, 0.29) is 18.3 Å². The molecule has 0 unspecified atom stereocenters. The third kappa shape index (κ3) is 5.27. The van der Waals surface area contributed by atoms with Crippen molar-refractivity contribution in [2.45, 2.75) is 13.5 Å². The number of ether oxygens (including phenoxy) is 1. The van der Waals surface area contributed by atoms with Crippen molar-refractivity contribution in [1.82, 2.24) is 5.32 Å². The van der Waals surface area contributed by atoms with Crippen LogP contribution in [0.3, 0.4) is 0 Å². The second-order valence-electron chi connectivity index (χ2n) is 4.89. The first-order valence-corrected chi connectivity index (χ1v) is 7.66. The molecule has 0 atom stereocenters. The molecule has 1 N–H and O–H groups in total. The Morgan fingerprint density at radius 1 is 1.09 bits per heavy atom. The van der Waals surface area contributed by atoms with E-state index < -0.39 is 0 Å². The van der Waals surface area contributed by atoms with E-state index in [0.29, 0.717) is 27.9 Å². The molecule has 0 aliphatic rings. The topological polar surface area (TPSA) is 55.4 Å². The van der Waals surface area contributed by atoms with Crippen LogP contribution in [0.4, 0.5) is 0 Å². The summed E-state index contributed by atoms with van der Waals surface area (Å²) in [5.41, 5.74) is 1.24. The third-order valence-corrected chi connectivity index (χ3v) is 3.53. The average molecular weight is 352 g/mol. The lowest BCUT2D eigenvalue weighted by atomic mass is 10.1. The molecule has 120 valence electrons. The van der Waals surface area contributed by atoms with Gasteiger partial charge in [-0.1, -0.05) is 35.3 Å². The number of ketones is 1. The van der Waals surface area contributed by atoms with Crippen LogP contribution in [-0.4, -0.2) is 18.3 Å². The molecule has 0 aromatic heterocycles. The molecule has 2 aromatic rings. The molecule has 0 aliphatic carbocycles. The van der Waals surface area contributed by atoms with E-state index in [2.05, 4.69) is 5.32 Å². The molecule has 23 heavy (non-hydrogen) atoms. The zero-order valence-electron chi connectivity index (χ0n) is 12.4. The third-order valence-electron chi connectivity index (χ3n) is 3.06. The summed E-state index contributed by atoms with van der Waals surface area (Å²) >= 11 is 11.7. The number of carbonyl (C=O) groups excluding carboxylic acids is 2. The Morgan fingerprint density at radius 2 is 1.83 bits per heavy atom. The van der Waals surface area contributed by atoms with Gasteiger partial charge in [-0.05, 0) is 42.8 Å². The summed E-state index contributed by atoms with van der Waals surface area (Å²) in [4.78, 5) is 23.4. The molecule has 0 bridgehead atoms. The van der Waals surface area contributed by atoms with Crippen LogP contribution in [0.1, 0.15) is 22.8 Å². The standard InChI is InChI=1S/C17H15Cl2NO3/c1-11(21)15-8-14(19)5-6-16(15)23-10-17(22)20-9-12-3-2-4-13(18)7-12/h2-8H,9-10H2,1H3,(H,20,22). The van der Waals surface area contributed by atoms with Crippen molar-refractivity contribution in [3.05, 3.63) is 63.6 Å². The van der Waals surface area contributed by atoms with Gasteiger partial charge in [0.2, 0.25) is 0 Å². The minimum atomic E-state index is -0.297. The van der Waals surface area contributed by atoms with Gasteiger partial charge in [0, 0.05) is 16.6 Å². The van der Waals surface area contributed by atoms with Crippen molar-refractivity contribution in [2.24, 2.45) is 0 Å². The number of nitrogens with one attached hydrogen (secondary N) is 1. The summed E-state index contributed by atoms with van der Waals surface area (Å²) in [6.45, 7) is 1.57. The van der Waals surface area contributed by atoms with E-state index in [1.54, 1.807) is 24.3 Å². The second kappa shape index (κ2) is 7.99. The maximum absolute atomic E-state index is 11.8. The Morgan fingerprint density at radius 3 is 2.52 bits per heavy atom. The Labute approximate surface area is 144 Å². The molecule has 6 heteroatoms. The Balaban J connectivity index is 1.91. The molecule has 0 saturated heterocycles. The molecule has 4 nitrogen and oxygen atoms in total. The van der Waals surface area contributed by atoms with Gasteiger partial charge in [0.15, 0.2) is 12.4 Å². The van der Waals surface area contributed by atoms with Crippen molar-refractivity contribution in [3.63, 3.8) is 0 Å². The Kier molecular flexibility index (Phi) is 6.02. The monoisotopic (exact) mass is 351 g/mol. The summed E-state index contributed by atoms with van der Waals surface area (Å²) in [5, 5.41) is 3.77. The maximum atomic E-state index is 11.8. The van der Waals surface area contributed by atoms with E-state index >= 15 is 0 Å². The van der Waals surface area contributed by atoms with Crippen LogP contribution in [-0.2, 0) is 11.3 Å². The van der Waals surface area contributed by atoms with E-state index in [0.717, 1.165) is 5.56 Å². The minimum Gasteiger partial charge on any atom is -0.483 e. The lowest BCUT2D eigenvalue weighted by Gasteiger charge is -2.10. The molecule has 0 radical (unpaired) electrons. The molecule has 0 saturated carbocycles. The van der Waals surface area contributed by atoms with Crippen LogP contribution in [0.2, 0.25) is 10.0 Å². The van der Waals surface area contributed by atoms with E-state index in [4.69, 9.17) is 27.9 Å². The van der Waals surface area contributed by atoms with Gasteiger partial charge >= 0.3 is 0 Å². The number of rotatable bonds is 6. The van der Waals surface area contributed by atoms with Gasteiger partial charge in [-0.15, -0.1) is 0 Å². The second-order valence-corrected chi connectivity index (χ2v) is 5.76.